The number of likely N-dealkylation sites (tertiary alicyclic amines) is 1. The highest BCUT2D eigenvalue weighted by Gasteiger charge is 2.43. The number of rotatable bonds is 20. The van der Waals surface area contributed by atoms with E-state index in [0.717, 1.165) is 35.7 Å². The molecular formula is C42H67F3N6O8. The van der Waals surface area contributed by atoms with Crippen LogP contribution in [0.2, 0.25) is 0 Å². The summed E-state index contributed by atoms with van der Waals surface area (Å²) >= 11 is 0. The lowest BCUT2D eigenvalue weighted by Crippen LogP contribution is -2.60. The average molecular weight is 841 g/mol. The first-order valence-electron chi connectivity index (χ1n) is 20.4. The zero-order valence-corrected chi connectivity index (χ0v) is 36.4. The summed E-state index contributed by atoms with van der Waals surface area (Å²) in [6.45, 7) is 14.9. The lowest BCUT2D eigenvalue weighted by molar-refractivity contribution is -0.192. The number of carboxylic acid groups (broad SMARTS) is 1. The zero-order valence-electron chi connectivity index (χ0n) is 36.4. The molecule has 0 aliphatic carbocycles. The van der Waals surface area contributed by atoms with E-state index in [2.05, 4.69) is 40.8 Å². The van der Waals surface area contributed by atoms with Gasteiger partial charge in [-0.2, -0.15) is 13.2 Å². The number of para-hydroxylation sites is 1. The van der Waals surface area contributed by atoms with E-state index in [1.54, 1.807) is 21.3 Å². The third kappa shape index (κ3) is 14.0. The maximum atomic E-state index is 14.2. The summed E-state index contributed by atoms with van der Waals surface area (Å²) in [5.74, 6) is -4.18. The minimum absolute atomic E-state index is 0.00486. The van der Waals surface area contributed by atoms with Gasteiger partial charge in [0, 0.05) is 50.5 Å². The summed E-state index contributed by atoms with van der Waals surface area (Å²) in [6, 6.07) is 6.43. The van der Waals surface area contributed by atoms with Crippen LogP contribution < -0.4 is 16.0 Å². The van der Waals surface area contributed by atoms with Crippen LogP contribution in [0.3, 0.4) is 0 Å². The molecule has 334 valence electrons. The Morgan fingerprint density at radius 1 is 0.983 bits per heavy atom. The predicted molar refractivity (Wildman–Crippen MR) is 219 cm³/mol. The molecule has 1 aromatic carbocycles. The minimum atomic E-state index is -5.08. The number of carbonyl (C=O) groups excluding carboxylic acids is 4. The summed E-state index contributed by atoms with van der Waals surface area (Å²) < 4.78 is 43.8. The molecule has 4 amide bonds. The monoisotopic (exact) mass is 840 g/mol. The van der Waals surface area contributed by atoms with Crippen molar-refractivity contribution in [3.63, 3.8) is 0 Å². The molecule has 1 aliphatic heterocycles. The second-order valence-electron chi connectivity index (χ2n) is 16.1. The van der Waals surface area contributed by atoms with E-state index < -0.39 is 42.4 Å². The number of benzene rings is 1. The van der Waals surface area contributed by atoms with Gasteiger partial charge in [0.25, 0.3) is 0 Å². The van der Waals surface area contributed by atoms with Crippen LogP contribution in [0.1, 0.15) is 79.7 Å². The van der Waals surface area contributed by atoms with Crippen LogP contribution in [-0.2, 0) is 39.9 Å². The predicted octanol–water partition coefficient (Wildman–Crippen LogP) is 4.77. The largest absolute Gasteiger partial charge is 0.490 e. The van der Waals surface area contributed by atoms with Crippen molar-refractivity contribution in [2.75, 3.05) is 41.4 Å². The standard InChI is InChI=1S/C40H66N6O6.C2HF3O2/c1-12-26(6)36(45(9)35(25(4)5)40(50)44-39(49)34(41-8)24(2)3)32(51-10)22-33(47)46-21-15-18-31(46)37(52-11)27(7)38(48)42-20-19-28-23-43-30-17-14-13-16-29(28)30;3-2(4,5)1(6)7/h13-14,16-17,23-27,31-32,34-37,41,43H,12,15,18-22H2,1-11H3,(H,42,48)(H,44,49,50);(H,6,7)/t26-,27+,31-,32+,34-,35-,36-,37+;/m0./s1. The van der Waals surface area contributed by atoms with Crippen LogP contribution >= 0.6 is 0 Å². The molecule has 0 spiro atoms. The van der Waals surface area contributed by atoms with Crippen molar-refractivity contribution in [2.24, 2.45) is 23.7 Å². The fourth-order valence-electron chi connectivity index (χ4n) is 8.20. The number of carboxylic acids is 1. The number of aromatic amines is 1. The molecule has 0 bridgehead atoms. The maximum Gasteiger partial charge on any atom is 0.490 e. The smallest absolute Gasteiger partial charge is 0.475 e. The first kappa shape index (κ1) is 51.1. The number of amides is 4. The van der Waals surface area contributed by atoms with Crippen molar-refractivity contribution < 1.29 is 51.7 Å². The number of fused-ring (bicyclic) bond motifs is 1. The third-order valence-corrected chi connectivity index (χ3v) is 11.4. The van der Waals surface area contributed by atoms with Crippen LogP contribution in [0.15, 0.2) is 30.5 Å². The van der Waals surface area contributed by atoms with Crippen LogP contribution in [0.4, 0.5) is 13.2 Å². The summed E-state index contributed by atoms with van der Waals surface area (Å²) in [6.07, 6.45) is -0.950. The molecule has 5 N–H and O–H groups in total. The Morgan fingerprint density at radius 2 is 1.61 bits per heavy atom. The minimum Gasteiger partial charge on any atom is -0.475 e. The average Bonchev–Trinajstić information content (AvgIpc) is 3.82. The van der Waals surface area contributed by atoms with Gasteiger partial charge in [-0.3, -0.25) is 29.4 Å². The number of likely N-dealkylation sites (N-methyl/N-ethyl adjacent to an activating group) is 2. The van der Waals surface area contributed by atoms with Crippen LogP contribution in [-0.4, -0.2) is 133 Å². The molecular weight excluding hydrogens is 773 g/mol. The quantitative estimate of drug-likeness (QED) is 0.125. The van der Waals surface area contributed by atoms with Crippen LogP contribution in [0.5, 0.6) is 0 Å². The molecule has 2 aromatic rings. The fraction of sp³-hybridized carbons (Fsp3) is 0.690. The van der Waals surface area contributed by atoms with Gasteiger partial charge in [0.15, 0.2) is 0 Å². The zero-order chi connectivity index (χ0) is 44.8. The fourth-order valence-corrected chi connectivity index (χ4v) is 8.20. The van der Waals surface area contributed by atoms with Crippen molar-refractivity contribution in [2.45, 2.75) is 123 Å². The molecule has 1 aliphatic rings. The molecule has 2 heterocycles. The molecule has 1 saturated heterocycles. The van der Waals surface area contributed by atoms with Gasteiger partial charge in [-0.1, -0.05) is 73.1 Å². The summed E-state index contributed by atoms with van der Waals surface area (Å²) in [7, 11) is 6.81. The number of alkyl halides is 3. The molecule has 17 heteroatoms. The molecule has 14 nitrogen and oxygen atoms in total. The molecule has 8 atom stereocenters. The topological polar surface area (TPSA) is 182 Å². The third-order valence-electron chi connectivity index (χ3n) is 11.4. The van der Waals surface area contributed by atoms with E-state index in [1.807, 2.05) is 75.9 Å². The molecule has 1 aromatic heterocycles. The number of nitrogens with zero attached hydrogens (tertiary/aromatic N) is 2. The number of hydrogen-bond donors (Lipinski definition) is 5. The van der Waals surface area contributed by atoms with Crippen LogP contribution in [0, 0.1) is 23.7 Å². The maximum absolute atomic E-state index is 14.2. The molecule has 1 fully saturated rings. The number of imide groups is 1. The highest BCUT2D eigenvalue weighted by Crippen LogP contribution is 2.30. The molecule has 3 rings (SSSR count). The molecule has 0 radical (unpaired) electrons. The van der Waals surface area contributed by atoms with Gasteiger partial charge < -0.3 is 35.1 Å². The van der Waals surface area contributed by atoms with E-state index in [1.165, 1.54) is 0 Å². The number of hydrogen-bond acceptors (Lipinski definition) is 9. The van der Waals surface area contributed by atoms with E-state index in [4.69, 9.17) is 19.4 Å². The van der Waals surface area contributed by atoms with Crippen molar-refractivity contribution >= 4 is 40.5 Å². The second kappa shape index (κ2) is 23.7. The van der Waals surface area contributed by atoms with E-state index in [9.17, 15) is 32.3 Å². The highest BCUT2D eigenvalue weighted by atomic mass is 19.4. The van der Waals surface area contributed by atoms with Crippen molar-refractivity contribution in [3.8, 4) is 0 Å². The Labute approximate surface area is 346 Å². The van der Waals surface area contributed by atoms with Crippen LogP contribution in [0.25, 0.3) is 10.9 Å². The summed E-state index contributed by atoms with van der Waals surface area (Å²) in [5, 5.41) is 17.0. The van der Waals surface area contributed by atoms with E-state index in [-0.39, 0.29) is 59.9 Å². The van der Waals surface area contributed by atoms with Gasteiger partial charge in [0.2, 0.25) is 23.6 Å². The van der Waals surface area contributed by atoms with Gasteiger partial charge in [0.1, 0.15) is 0 Å². The number of halogens is 3. The lowest BCUT2D eigenvalue weighted by Gasteiger charge is -2.43. The molecule has 0 unspecified atom stereocenters. The van der Waals surface area contributed by atoms with E-state index in [0.29, 0.717) is 19.5 Å². The lowest BCUT2D eigenvalue weighted by atomic mass is 9.87. The Balaban J connectivity index is 0.00000157. The number of aromatic nitrogens is 1. The van der Waals surface area contributed by atoms with Gasteiger partial charge in [-0.05, 0) is 62.7 Å². The van der Waals surface area contributed by atoms with Crippen molar-refractivity contribution in [3.05, 3.63) is 36.0 Å². The highest BCUT2D eigenvalue weighted by molar-refractivity contribution is 6.00. The SMILES string of the molecule is CC[C@H](C)[C@@H]([C@@H](CC(=O)N1CCC[C@H]1[C@H](OC)[C@@H](C)C(=O)NCCc1c[nH]c2ccccc12)OC)N(C)[C@H](C(=O)NC(=O)[C@@H](NC)C(C)C)C(C)C.O=C(O)C(F)(F)F. The number of carbonyl (C=O) groups is 5. The Hall–Kier alpha value is -4.06. The Kier molecular flexibility index (Phi) is 20.5. The van der Waals surface area contributed by atoms with Crippen molar-refractivity contribution in [1.29, 1.82) is 0 Å². The van der Waals surface area contributed by atoms with E-state index >= 15 is 0 Å². The van der Waals surface area contributed by atoms with Gasteiger partial charge >= 0.3 is 12.1 Å². The normalized spacial score (nSPS) is 18.1. The Bertz CT molecular complexity index is 1670. The number of nitrogens with one attached hydrogen (secondary N) is 4. The van der Waals surface area contributed by atoms with Gasteiger partial charge in [-0.25, -0.2) is 4.79 Å². The van der Waals surface area contributed by atoms with Gasteiger partial charge in [-0.15, -0.1) is 0 Å². The molecule has 0 saturated carbocycles. The summed E-state index contributed by atoms with van der Waals surface area (Å²) in [5.41, 5.74) is 2.22. The number of aliphatic carboxylic acids is 1. The van der Waals surface area contributed by atoms with Crippen molar-refractivity contribution in [1.82, 2.24) is 30.7 Å². The molecule has 59 heavy (non-hydrogen) atoms. The number of H-pyrrole nitrogens is 1. The first-order valence-corrected chi connectivity index (χ1v) is 20.4. The number of methoxy groups -OCH3 is 2. The number of ether oxygens (including phenoxy) is 2. The Morgan fingerprint density at radius 3 is 2.14 bits per heavy atom. The first-order chi connectivity index (χ1) is 27.7. The summed E-state index contributed by atoms with van der Waals surface area (Å²) in [4.78, 5) is 70.4. The second-order valence-corrected chi connectivity index (χ2v) is 16.1. The van der Waals surface area contributed by atoms with Gasteiger partial charge in [0.05, 0.1) is 42.7 Å².